The molecule has 16 aromatic carbocycles. The molecule has 0 amide bonds. The lowest BCUT2D eigenvalue weighted by Crippen LogP contribution is -2.75. The first-order valence-corrected chi connectivity index (χ1v) is 38.5. The van der Waals surface area contributed by atoms with Gasteiger partial charge in [0.25, 0.3) is 0 Å². The first-order valence-electron chi connectivity index (χ1n) is 36.8. The molecule has 4 aliphatic rings. The van der Waals surface area contributed by atoms with E-state index in [0.717, 1.165) is 11.4 Å². The minimum Gasteiger partial charge on any atom is -0.309 e. The molecule has 0 fully saturated rings. The van der Waals surface area contributed by atoms with E-state index in [-0.39, 0.29) is 26.9 Å². The first-order chi connectivity index (χ1) is 52.1. The molecule has 4 aromatic heterocycles. The van der Waals surface area contributed by atoms with E-state index in [9.17, 15) is 0 Å². The molecule has 0 saturated carbocycles. The highest BCUT2D eigenvalue weighted by Gasteiger charge is 2.56. The molecule has 8 heteroatoms. The fourth-order valence-electron chi connectivity index (χ4n) is 20.5. The lowest BCUT2D eigenvalue weighted by molar-refractivity contribution is 0.794. The smallest absolute Gasteiger partial charge is 0.240 e. The number of aromatic nitrogens is 2. The zero-order valence-electron chi connectivity index (χ0n) is 57.0. The predicted octanol–water partition coefficient (Wildman–Crippen LogP) is 15.7. The number of thiophene rings is 2. The Hall–Kier alpha value is -12.2. The van der Waals surface area contributed by atoms with E-state index < -0.39 is 5.41 Å². The molecule has 480 valence electrons. The Kier molecular flexibility index (Phi) is 12.2. The number of hydrogen-bond acceptors (Lipinski definition) is 2. The summed E-state index contributed by atoms with van der Waals surface area (Å²) in [6.07, 6.45) is 0. The van der Waals surface area contributed by atoms with Crippen molar-refractivity contribution in [1.82, 2.24) is 9.13 Å². The van der Waals surface area contributed by atoms with E-state index in [2.05, 4.69) is 361 Å². The van der Waals surface area contributed by atoms with Crippen LogP contribution in [0.2, 0.25) is 0 Å². The second kappa shape index (κ2) is 21.9. The molecule has 0 radical (unpaired) electrons. The Balaban J connectivity index is 0.863. The summed E-state index contributed by atoms with van der Waals surface area (Å²) in [6.45, 7) is -0.226. The highest BCUT2D eigenvalue weighted by Crippen LogP contribution is 2.63. The van der Waals surface area contributed by atoms with Gasteiger partial charge in [-0.2, -0.15) is 0 Å². The normalized spacial score (nSPS) is 14.6. The fourth-order valence-corrected chi connectivity index (χ4v) is 22.8. The van der Waals surface area contributed by atoms with Gasteiger partial charge in [0.05, 0.1) is 27.5 Å². The molecule has 2 aliphatic heterocycles. The molecule has 0 N–H and O–H groups in total. The number of para-hydroxylation sites is 2. The van der Waals surface area contributed by atoms with Crippen LogP contribution in [0.4, 0.5) is 0 Å². The predicted molar refractivity (Wildman–Crippen MR) is 454 cm³/mol. The van der Waals surface area contributed by atoms with Gasteiger partial charge in [-0.05, 0) is 117 Å². The van der Waals surface area contributed by atoms with Crippen LogP contribution in [-0.4, -0.2) is 36.0 Å². The van der Waals surface area contributed by atoms with Gasteiger partial charge in [0.15, 0.2) is 0 Å². The zero-order valence-corrected chi connectivity index (χ0v) is 58.6. The fraction of sp³-hybridized carbons (Fsp3) is 0.0103. The maximum Gasteiger partial charge on any atom is 0.240 e. The quantitative estimate of drug-likeness (QED) is 0.147. The van der Waals surface area contributed by atoms with E-state index in [1.165, 1.54) is 194 Å². The van der Waals surface area contributed by atoms with E-state index in [1.807, 2.05) is 22.7 Å². The third-order valence-electron chi connectivity index (χ3n) is 24.5. The van der Waals surface area contributed by atoms with Gasteiger partial charge in [0.1, 0.15) is 0 Å². The summed E-state index contributed by atoms with van der Waals surface area (Å²) in [5.74, 6) is 0. The van der Waals surface area contributed by atoms with E-state index in [0.29, 0.717) is 0 Å². The lowest BCUT2D eigenvalue weighted by Gasteiger charge is -2.36. The van der Waals surface area contributed by atoms with Gasteiger partial charge in [-0.1, -0.05) is 345 Å². The highest BCUT2D eigenvalue weighted by molar-refractivity contribution is 7.26. The van der Waals surface area contributed by atoms with E-state index >= 15 is 0 Å². The number of fused-ring (bicyclic) bond motifs is 28. The van der Waals surface area contributed by atoms with Gasteiger partial charge in [-0.3, -0.25) is 0 Å². The molecule has 2 aliphatic carbocycles. The van der Waals surface area contributed by atoms with Crippen LogP contribution in [-0.2, 0) is 5.41 Å². The SMILES string of the molecule is c1ccc(B2c3ccccc3B(c3ccccc3)c3c2ccc2c3-c3cc(-n4c5ccccc5c5cc6c(cc54)sc4ccccc46)ccc3C23c2ccc(-n4c5ccccc5c5cc6sc7ccccc7c6cc54)cc2-c2c3ccc3c2B(c2ccccc2)c2ccccc2B3c2ccccc2)cc1. The van der Waals surface area contributed by atoms with E-state index in [4.69, 9.17) is 0 Å². The third-order valence-corrected chi connectivity index (χ3v) is 26.8. The van der Waals surface area contributed by atoms with Crippen molar-refractivity contribution in [2.24, 2.45) is 0 Å². The van der Waals surface area contributed by atoms with Crippen LogP contribution in [0.1, 0.15) is 22.3 Å². The molecule has 0 saturated heterocycles. The maximum atomic E-state index is 2.64. The Labute approximate surface area is 616 Å². The van der Waals surface area contributed by atoms with Gasteiger partial charge in [-0.15, -0.1) is 22.7 Å². The topological polar surface area (TPSA) is 9.86 Å². The average molecular weight is 1360 g/mol. The van der Waals surface area contributed by atoms with E-state index in [1.54, 1.807) is 0 Å². The van der Waals surface area contributed by atoms with Gasteiger partial charge in [0.2, 0.25) is 26.9 Å². The van der Waals surface area contributed by atoms with Crippen LogP contribution >= 0.6 is 22.7 Å². The second-order valence-electron chi connectivity index (χ2n) is 29.5. The summed E-state index contributed by atoms with van der Waals surface area (Å²) in [6, 6.07) is 136. The van der Waals surface area contributed by atoms with Crippen LogP contribution in [0.25, 0.3) is 118 Å². The summed E-state index contributed by atoms with van der Waals surface area (Å²) in [4.78, 5) is 0. The Bertz CT molecular complexity index is 7120. The molecule has 6 heterocycles. The molecular weight excluding hydrogens is 1300 g/mol. The standard InChI is InChI=1S/C97H58B4N2S2/c1-5-25-59(26-6-1)98-79-37-17-19-39-81(79)100(61-29-9-3-10-30-61)95-83(98)51-49-77-93(95)73-53-63(102-86-42-22-14-34-66(86)70-57-91-72(56-87(70)102)68-36-16-24-44-90(68)104-91)45-47-75(73)97(77)76-48-46-64(103-85-41-21-13-33-65(85)69-55-71-67-35-15-23-43-89(67)105-92(71)58-88(69)103)54-74(76)94-78(97)50-52-84-96(94)101(62-31-11-4-12-32-62)82-40-20-18-38-80(82)99(84)60-27-7-2-8-28-60/h1-58H. The van der Waals surface area contributed by atoms with Crippen molar-refractivity contribution in [2.45, 2.75) is 5.41 Å². The molecule has 0 bridgehead atoms. The van der Waals surface area contributed by atoms with Crippen molar-refractivity contribution in [3.05, 3.63) is 374 Å². The first kappa shape index (κ1) is 58.3. The van der Waals surface area contributed by atoms with Gasteiger partial charge in [-0.25, -0.2) is 0 Å². The van der Waals surface area contributed by atoms with Crippen molar-refractivity contribution >= 4 is 199 Å². The monoisotopic (exact) mass is 1360 g/mol. The van der Waals surface area contributed by atoms with Crippen LogP contribution < -0.4 is 65.6 Å². The molecule has 105 heavy (non-hydrogen) atoms. The highest BCUT2D eigenvalue weighted by atomic mass is 32.1. The van der Waals surface area contributed by atoms with Crippen molar-refractivity contribution in [1.29, 1.82) is 0 Å². The summed E-state index contributed by atoms with van der Waals surface area (Å²) in [5.41, 5.74) is 32.9. The van der Waals surface area contributed by atoms with Crippen molar-refractivity contribution in [3.8, 4) is 33.6 Å². The molecule has 1 atom stereocenters. The average Bonchev–Trinajstić information content (AvgIpc) is 1.48. The Morgan fingerprint density at radius 1 is 0.219 bits per heavy atom. The second-order valence-corrected chi connectivity index (χ2v) is 31.6. The maximum absolute atomic E-state index is 2.64. The van der Waals surface area contributed by atoms with Crippen molar-refractivity contribution in [2.75, 3.05) is 0 Å². The largest absolute Gasteiger partial charge is 0.309 e. The third kappa shape index (κ3) is 7.92. The number of benzene rings is 16. The number of hydrogen-bond donors (Lipinski definition) is 0. The molecular formula is C97H58B4N2S2. The molecule has 2 nitrogen and oxygen atoms in total. The molecule has 1 unspecified atom stereocenters. The summed E-state index contributed by atoms with van der Waals surface area (Å²) in [7, 11) is 0. The number of rotatable bonds is 6. The van der Waals surface area contributed by atoms with Gasteiger partial charge >= 0.3 is 0 Å². The molecule has 20 aromatic rings. The lowest BCUT2D eigenvalue weighted by atomic mass is 9.20. The minimum atomic E-state index is -0.802. The van der Waals surface area contributed by atoms with Crippen molar-refractivity contribution in [3.63, 3.8) is 0 Å². The number of nitrogens with zero attached hydrogens (tertiary/aromatic N) is 2. The summed E-state index contributed by atoms with van der Waals surface area (Å²) in [5, 5.41) is 10.3. The Morgan fingerprint density at radius 3 is 1.04 bits per heavy atom. The van der Waals surface area contributed by atoms with Gasteiger partial charge in [0, 0.05) is 73.3 Å². The summed E-state index contributed by atoms with van der Waals surface area (Å²) >= 11 is 3.79. The van der Waals surface area contributed by atoms with Crippen LogP contribution in [0.3, 0.4) is 0 Å². The van der Waals surface area contributed by atoms with Crippen LogP contribution in [0, 0.1) is 0 Å². The van der Waals surface area contributed by atoms with Crippen LogP contribution in [0.15, 0.2) is 352 Å². The molecule has 1 spiro atoms. The van der Waals surface area contributed by atoms with Gasteiger partial charge < -0.3 is 9.13 Å². The Morgan fingerprint density at radius 2 is 0.571 bits per heavy atom. The van der Waals surface area contributed by atoms with Crippen LogP contribution in [0.5, 0.6) is 0 Å². The minimum absolute atomic E-state index is 0.0224. The van der Waals surface area contributed by atoms with Crippen molar-refractivity contribution < 1.29 is 0 Å². The zero-order chi connectivity index (χ0) is 68.3. The summed E-state index contributed by atoms with van der Waals surface area (Å²) < 4.78 is 10.4. The molecule has 24 rings (SSSR count).